The van der Waals surface area contributed by atoms with E-state index in [0.29, 0.717) is 25.5 Å². The Kier molecular flexibility index (Phi) is 7.64. The van der Waals surface area contributed by atoms with Crippen molar-refractivity contribution >= 4 is 27.6 Å². The summed E-state index contributed by atoms with van der Waals surface area (Å²) in [4.78, 5) is 18.6. The Hall–Kier alpha value is -2.91. The van der Waals surface area contributed by atoms with Gasteiger partial charge in [-0.15, -0.1) is 0 Å². The Balaban J connectivity index is 1.59. The zero-order valence-electron chi connectivity index (χ0n) is 17.9. The topological polar surface area (TPSA) is 103 Å². The van der Waals surface area contributed by atoms with Crippen LogP contribution in [0.25, 0.3) is 0 Å². The number of anilines is 1. The molecule has 9 heteroatoms. The number of amides is 1. The molecule has 0 bridgehead atoms. The Morgan fingerprint density at radius 3 is 2.29 bits per heavy atom. The SMILES string of the molecule is CCNC(=NCc1ccc(N2CCCC2=O)cc1)NCc1ccc(S(=O)(=O)NC)cc1. The normalized spacial score (nSPS) is 14.7. The standard InChI is InChI=1S/C22H29N5O3S/c1-3-24-22(26-16-18-8-12-20(13-9-18)31(29,30)23-2)25-15-17-6-10-19(11-7-17)27-14-4-5-21(27)28/h6-13,23H,3-5,14-16H2,1-2H3,(H2,24,25,26). The van der Waals surface area contributed by atoms with E-state index in [9.17, 15) is 13.2 Å². The molecule has 1 fully saturated rings. The van der Waals surface area contributed by atoms with E-state index in [0.717, 1.165) is 36.3 Å². The van der Waals surface area contributed by atoms with Gasteiger partial charge in [-0.25, -0.2) is 18.1 Å². The lowest BCUT2D eigenvalue weighted by molar-refractivity contribution is -0.117. The Labute approximate surface area is 183 Å². The largest absolute Gasteiger partial charge is 0.357 e. The van der Waals surface area contributed by atoms with E-state index in [1.807, 2.05) is 36.1 Å². The van der Waals surface area contributed by atoms with Gasteiger partial charge in [0.2, 0.25) is 15.9 Å². The molecular weight excluding hydrogens is 414 g/mol. The summed E-state index contributed by atoms with van der Waals surface area (Å²) in [6, 6.07) is 14.6. The molecule has 1 aliphatic heterocycles. The number of nitrogens with zero attached hydrogens (tertiary/aromatic N) is 2. The van der Waals surface area contributed by atoms with Crippen LogP contribution >= 0.6 is 0 Å². The molecule has 0 spiro atoms. The van der Waals surface area contributed by atoms with Crippen molar-refractivity contribution in [3.63, 3.8) is 0 Å². The number of nitrogens with one attached hydrogen (secondary N) is 3. The molecule has 1 heterocycles. The van der Waals surface area contributed by atoms with Crippen LogP contribution in [0.1, 0.15) is 30.9 Å². The van der Waals surface area contributed by atoms with E-state index in [4.69, 9.17) is 0 Å². The van der Waals surface area contributed by atoms with Crippen LogP contribution < -0.4 is 20.3 Å². The fourth-order valence-corrected chi connectivity index (χ4v) is 4.03. The number of carbonyl (C=O) groups excluding carboxylic acids is 1. The van der Waals surface area contributed by atoms with Crippen LogP contribution in [0, 0.1) is 0 Å². The monoisotopic (exact) mass is 443 g/mol. The molecule has 1 aliphatic rings. The second-order valence-electron chi connectivity index (χ2n) is 7.22. The Morgan fingerprint density at radius 2 is 1.71 bits per heavy atom. The van der Waals surface area contributed by atoms with Gasteiger partial charge in [0.25, 0.3) is 0 Å². The van der Waals surface area contributed by atoms with Crippen molar-refractivity contribution in [2.75, 3.05) is 25.0 Å². The minimum atomic E-state index is -3.43. The van der Waals surface area contributed by atoms with Gasteiger partial charge in [0.15, 0.2) is 5.96 Å². The van der Waals surface area contributed by atoms with Gasteiger partial charge < -0.3 is 15.5 Å². The maximum Gasteiger partial charge on any atom is 0.240 e. The summed E-state index contributed by atoms with van der Waals surface area (Å²) < 4.78 is 25.9. The van der Waals surface area contributed by atoms with Gasteiger partial charge in [0.05, 0.1) is 11.4 Å². The molecule has 2 aromatic carbocycles. The molecule has 0 aromatic heterocycles. The van der Waals surface area contributed by atoms with E-state index in [-0.39, 0.29) is 10.8 Å². The van der Waals surface area contributed by atoms with Crippen molar-refractivity contribution in [1.82, 2.24) is 15.4 Å². The van der Waals surface area contributed by atoms with E-state index in [1.165, 1.54) is 7.05 Å². The molecule has 8 nitrogen and oxygen atoms in total. The fraction of sp³-hybridized carbons (Fsp3) is 0.364. The number of aliphatic imine (C=N–C) groups is 1. The number of carbonyl (C=O) groups is 1. The summed E-state index contributed by atoms with van der Waals surface area (Å²) in [5, 5.41) is 6.47. The smallest absolute Gasteiger partial charge is 0.240 e. The molecule has 0 atom stereocenters. The molecule has 0 saturated carbocycles. The van der Waals surface area contributed by atoms with Crippen LogP contribution in [0.4, 0.5) is 5.69 Å². The maximum absolute atomic E-state index is 11.9. The van der Waals surface area contributed by atoms with Crippen molar-refractivity contribution < 1.29 is 13.2 Å². The molecule has 2 aromatic rings. The highest BCUT2D eigenvalue weighted by Gasteiger charge is 2.21. The highest BCUT2D eigenvalue weighted by atomic mass is 32.2. The maximum atomic E-state index is 11.9. The average Bonchev–Trinajstić information content (AvgIpc) is 3.22. The van der Waals surface area contributed by atoms with Crippen molar-refractivity contribution in [3.05, 3.63) is 59.7 Å². The number of guanidine groups is 1. The zero-order valence-corrected chi connectivity index (χ0v) is 18.7. The lowest BCUT2D eigenvalue weighted by atomic mass is 10.2. The van der Waals surface area contributed by atoms with Crippen LogP contribution in [0.5, 0.6) is 0 Å². The lowest BCUT2D eigenvalue weighted by Crippen LogP contribution is -2.36. The molecule has 1 amide bonds. The summed E-state index contributed by atoms with van der Waals surface area (Å²) >= 11 is 0. The molecule has 1 saturated heterocycles. The third kappa shape index (κ3) is 6.05. The van der Waals surface area contributed by atoms with Crippen LogP contribution in [-0.2, 0) is 27.9 Å². The quantitative estimate of drug-likeness (QED) is 0.428. The van der Waals surface area contributed by atoms with Gasteiger partial charge in [-0.05, 0) is 55.8 Å². The van der Waals surface area contributed by atoms with E-state index >= 15 is 0 Å². The summed E-state index contributed by atoms with van der Waals surface area (Å²) in [5.74, 6) is 0.856. The van der Waals surface area contributed by atoms with E-state index in [1.54, 1.807) is 24.3 Å². The van der Waals surface area contributed by atoms with Gasteiger partial charge in [-0.1, -0.05) is 24.3 Å². The molecule has 31 heavy (non-hydrogen) atoms. The molecular formula is C22H29N5O3S. The summed E-state index contributed by atoms with van der Waals surface area (Å²) in [7, 11) is -2.04. The average molecular weight is 444 g/mol. The third-order valence-corrected chi connectivity index (χ3v) is 6.48. The van der Waals surface area contributed by atoms with E-state index < -0.39 is 10.0 Å². The van der Waals surface area contributed by atoms with E-state index in [2.05, 4.69) is 20.3 Å². The predicted octanol–water partition coefficient (Wildman–Crippen LogP) is 1.98. The summed E-state index contributed by atoms with van der Waals surface area (Å²) in [5.41, 5.74) is 2.93. The van der Waals surface area contributed by atoms with Gasteiger partial charge >= 0.3 is 0 Å². The van der Waals surface area contributed by atoms with Crippen molar-refractivity contribution in [2.45, 2.75) is 37.8 Å². The minimum Gasteiger partial charge on any atom is -0.357 e. The number of rotatable bonds is 8. The zero-order chi connectivity index (χ0) is 22.3. The van der Waals surface area contributed by atoms with Crippen molar-refractivity contribution in [1.29, 1.82) is 0 Å². The highest BCUT2D eigenvalue weighted by molar-refractivity contribution is 7.89. The van der Waals surface area contributed by atoms with Crippen molar-refractivity contribution in [3.8, 4) is 0 Å². The number of hydrogen-bond donors (Lipinski definition) is 3. The number of hydrogen-bond acceptors (Lipinski definition) is 4. The van der Waals surface area contributed by atoms with Crippen LogP contribution in [0.2, 0.25) is 0 Å². The molecule has 0 radical (unpaired) electrons. The molecule has 166 valence electrons. The molecule has 3 N–H and O–H groups in total. The van der Waals surface area contributed by atoms with Crippen molar-refractivity contribution in [2.24, 2.45) is 4.99 Å². The van der Waals surface area contributed by atoms with Crippen LogP contribution in [0.3, 0.4) is 0 Å². The fourth-order valence-electron chi connectivity index (χ4n) is 3.30. The highest BCUT2D eigenvalue weighted by Crippen LogP contribution is 2.21. The van der Waals surface area contributed by atoms with Crippen LogP contribution in [-0.4, -0.2) is 40.4 Å². The minimum absolute atomic E-state index is 0.181. The Morgan fingerprint density at radius 1 is 1.03 bits per heavy atom. The third-order valence-electron chi connectivity index (χ3n) is 5.05. The first-order valence-corrected chi connectivity index (χ1v) is 11.8. The van der Waals surface area contributed by atoms with Gasteiger partial charge in [0.1, 0.15) is 0 Å². The lowest BCUT2D eigenvalue weighted by Gasteiger charge is -2.16. The predicted molar refractivity (Wildman–Crippen MR) is 122 cm³/mol. The summed E-state index contributed by atoms with van der Waals surface area (Å²) in [6.07, 6.45) is 1.54. The van der Waals surface area contributed by atoms with Gasteiger partial charge in [-0.3, -0.25) is 4.79 Å². The second kappa shape index (κ2) is 10.4. The van der Waals surface area contributed by atoms with Gasteiger partial charge in [-0.2, -0.15) is 0 Å². The first-order valence-electron chi connectivity index (χ1n) is 10.4. The molecule has 3 rings (SSSR count). The van der Waals surface area contributed by atoms with Crippen LogP contribution in [0.15, 0.2) is 58.4 Å². The first kappa shape index (κ1) is 22.8. The Bertz CT molecular complexity index is 1020. The first-order chi connectivity index (χ1) is 14.9. The second-order valence-corrected chi connectivity index (χ2v) is 9.10. The summed E-state index contributed by atoms with van der Waals surface area (Å²) in [6.45, 7) is 4.52. The number of sulfonamides is 1. The number of benzene rings is 2. The molecule has 0 unspecified atom stereocenters. The molecule has 0 aliphatic carbocycles. The van der Waals surface area contributed by atoms with Gasteiger partial charge in [0, 0.05) is 31.7 Å².